The molecular weight excluding hydrogens is 378 g/mol. The minimum atomic E-state index is -4.75. The fourth-order valence-electron chi connectivity index (χ4n) is 2.26. The quantitative estimate of drug-likeness (QED) is 0.620. The summed E-state index contributed by atoms with van der Waals surface area (Å²) >= 11 is 0. The Bertz CT molecular complexity index is 947. The van der Waals surface area contributed by atoms with Crippen molar-refractivity contribution in [2.75, 3.05) is 0 Å². The Morgan fingerprint density at radius 3 is 2.11 bits per heavy atom. The van der Waals surface area contributed by atoms with Crippen LogP contribution in [0, 0.1) is 6.92 Å². The molecule has 11 heteroatoms. The zero-order valence-electron chi connectivity index (χ0n) is 13.6. The molecule has 2 heterocycles. The maximum Gasteiger partial charge on any atom is 0.471 e. The first kappa shape index (κ1) is 18.8. The largest absolute Gasteiger partial charge is 0.471 e. The highest BCUT2D eigenvalue weighted by Gasteiger charge is 2.38. The number of benzene rings is 1. The van der Waals surface area contributed by atoms with Crippen molar-refractivity contribution in [2.24, 2.45) is 0 Å². The van der Waals surface area contributed by atoms with Gasteiger partial charge in [0.05, 0.1) is 0 Å². The van der Waals surface area contributed by atoms with Crippen molar-refractivity contribution in [3.63, 3.8) is 0 Å². The zero-order valence-corrected chi connectivity index (χ0v) is 13.6. The van der Waals surface area contributed by atoms with Crippen molar-refractivity contribution in [1.29, 1.82) is 0 Å². The number of halogens is 6. The van der Waals surface area contributed by atoms with Crippen LogP contribution in [0.15, 0.2) is 34.9 Å². The van der Waals surface area contributed by atoms with E-state index in [0.717, 1.165) is 6.07 Å². The minimum Gasteiger partial charge on any atom is -0.329 e. The predicted octanol–water partition coefficient (Wildman–Crippen LogP) is 4.46. The monoisotopic (exact) mass is 388 g/mol. The number of aryl methyl sites for hydroxylation is 1. The molecule has 5 nitrogen and oxygen atoms in total. The molecule has 0 radical (unpaired) electrons. The highest BCUT2D eigenvalue weighted by atomic mass is 19.4. The molecular formula is C16H10F6N4O. The Morgan fingerprint density at radius 2 is 1.56 bits per heavy atom. The molecule has 0 N–H and O–H groups in total. The van der Waals surface area contributed by atoms with E-state index in [4.69, 9.17) is 0 Å². The van der Waals surface area contributed by atoms with Crippen LogP contribution < -0.4 is 0 Å². The fourth-order valence-corrected chi connectivity index (χ4v) is 2.26. The van der Waals surface area contributed by atoms with Crippen molar-refractivity contribution in [2.45, 2.75) is 25.7 Å². The second kappa shape index (κ2) is 6.63. The van der Waals surface area contributed by atoms with Gasteiger partial charge in [-0.15, -0.1) is 0 Å². The Morgan fingerprint density at radius 1 is 0.889 bits per heavy atom. The Labute approximate surface area is 148 Å². The third kappa shape index (κ3) is 4.41. The second-order valence-electron chi connectivity index (χ2n) is 5.60. The van der Waals surface area contributed by atoms with Crippen LogP contribution >= 0.6 is 0 Å². The first-order chi connectivity index (χ1) is 12.5. The van der Waals surface area contributed by atoms with Gasteiger partial charge in [-0.3, -0.25) is 0 Å². The fraction of sp³-hybridized carbons (Fsp3) is 0.250. The molecule has 0 unspecified atom stereocenters. The molecule has 27 heavy (non-hydrogen) atoms. The summed E-state index contributed by atoms with van der Waals surface area (Å²) in [7, 11) is 0. The van der Waals surface area contributed by atoms with E-state index in [1.165, 1.54) is 31.2 Å². The molecule has 0 bridgehead atoms. The highest BCUT2D eigenvalue weighted by molar-refractivity contribution is 5.54. The molecule has 142 valence electrons. The Balaban J connectivity index is 1.81. The van der Waals surface area contributed by atoms with Crippen molar-refractivity contribution in [1.82, 2.24) is 20.1 Å². The van der Waals surface area contributed by atoms with Crippen molar-refractivity contribution in [3.8, 4) is 11.4 Å². The second-order valence-corrected chi connectivity index (χ2v) is 5.60. The van der Waals surface area contributed by atoms with Gasteiger partial charge in [0.25, 0.3) is 0 Å². The van der Waals surface area contributed by atoms with E-state index in [1.807, 2.05) is 0 Å². The summed E-state index contributed by atoms with van der Waals surface area (Å²) < 4.78 is 80.1. The number of hydrogen-bond donors (Lipinski definition) is 0. The molecule has 0 saturated carbocycles. The Hall–Kier alpha value is -2.98. The van der Waals surface area contributed by atoms with Crippen LogP contribution in [0.4, 0.5) is 26.3 Å². The summed E-state index contributed by atoms with van der Waals surface area (Å²) in [6.07, 6.45) is -9.31. The number of aromatic nitrogens is 4. The third-order valence-electron chi connectivity index (χ3n) is 3.43. The van der Waals surface area contributed by atoms with Gasteiger partial charge in [0, 0.05) is 17.7 Å². The number of nitrogens with zero attached hydrogens (tertiary/aromatic N) is 4. The maximum absolute atomic E-state index is 12.8. The smallest absolute Gasteiger partial charge is 0.329 e. The van der Waals surface area contributed by atoms with E-state index >= 15 is 0 Å². The van der Waals surface area contributed by atoms with Crippen LogP contribution in [0.25, 0.3) is 11.4 Å². The molecule has 1 aromatic carbocycles. The van der Waals surface area contributed by atoms with Gasteiger partial charge in [0.15, 0.2) is 0 Å². The first-order valence-electron chi connectivity index (χ1n) is 7.44. The minimum absolute atomic E-state index is 0.0189. The van der Waals surface area contributed by atoms with Gasteiger partial charge in [0.1, 0.15) is 11.5 Å². The van der Waals surface area contributed by atoms with Crippen LogP contribution in [0.2, 0.25) is 0 Å². The SMILES string of the molecule is Cc1cc(C(F)(F)F)nc(Cc2ccc(-c3noc(C(F)(F)F)n3)cc2)n1. The van der Waals surface area contributed by atoms with E-state index in [0.29, 0.717) is 5.56 Å². The number of rotatable bonds is 3. The maximum atomic E-state index is 12.8. The molecule has 0 aliphatic carbocycles. The average Bonchev–Trinajstić information content (AvgIpc) is 3.04. The normalized spacial score (nSPS) is 12.4. The lowest BCUT2D eigenvalue weighted by molar-refractivity contribution is -0.159. The predicted molar refractivity (Wildman–Crippen MR) is 79.3 cm³/mol. The zero-order chi connectivity index (χ0) is 19.8. The van der Waals surface area contributed by atoms with Gasteiger partial charge in [-0.1, -0.05) is 29.4 Å². The molecule has 0 aliphatic heterocycles. The molecule has 3 aromatic rings. The molecule has 0 amide bonds. The molecule has 0 fully saturated rings. The van der Waals surface area contributed by atoms with E-state index in [2.05, 4.69) is 24.6 Å². The van der Waals surface area contributed by atoms with Crippen LogP contribution in [0.1, 0.15) is 28.7 Å². The molecule has 0 aliphatic rings. The molecule has 2 aromatic heterocycles. The van der Waals surface area contributed by atoms with Gasteiger partial charge < -0.3 is 4.52 Å². The highest BCUT2D eigenvalue weighted by Crippen LogP contribution is 2.30. The van der Waals surface area contributed by atoms with Gasteiger partial charge in [-0.25, -0.2) is 9.97 Å². The molecule has 0 spiro atoms. The van der Waals surface area contributed by atoms with Crippen LogP contribution in [0.5, 0.6) is 0 Å². The van der Waals surface area contributed by atoms with E-state index in [-0.39, 0.29) is 29.3 Å². The summed E-state index contributed by atoms with van der Waals surface area (Å²) in [6.45, 7) is 1.43. The van der Waals surface area contributed by atoms with E-state index in [9.17, 15) is 26.3 Å². The molecule has 0 atom stereocenters. The van der Waals surface area contributed by atoms with Crippen molar-refractivity contribution < 1.29 is 30.9 Å². The lowest BCUT2D eigenvalue weighted by Crippen LogP contribution is -2.12. The van der Waals surface area contributed by atoms with Crippen molar-refractivity contribution in [3.05, 3.63) is 59.0 Å². The third-order valence-corrected chi connectivity index (χ3v) is 3.43. The van der Waals surface area contributed by atoms with Crippen LogP contribution in [-0.4, -0.2) is 20.1 Å². The van der Waals surface area contributed by atoms with Gasteiger partial charge in [-0.2, -0.15) is 31.3 Å². The molecule has 0 saturated heterocycles. The van der Waals surface area contributed by atoms with Crippen molar-refractivity contribution >= 4 is 0 Å². The van der Waals surface area contributed by atoms with E-state index < -0.39 is 23.9 Å². The van der Waals surface area contributed by atoms with Gasteiger partial charge in [-0.05, 0) is 18.6 Å². The summed E-state index contributed by atoms with van der Waals surface area (Å²) in [4.78, 5) is 10.8. The summed E-state index contributed by atoms with van der Waals surface area (Å²) in [5, 5.41) is 3.26. The van der Waals surface area contributed by atoms with E-state index in [1.54, 1.807) is 0 Å². The summed E-state index contributed by atoms with van der Waals surface area (Å²) in [5.74, 6) is -1.73. The van der Waals surface area contributed by atoms with Gasteiger partial charge >= 0.3 is 18.2 Å². The van der Waals surface area contributed by atoms with Crippen LogP contribution in [-0.2, 0) is 18.8 Å². The number of hydrogen-bond acceptors (Lipinski definition) is 5. The average molecular weight is 388 g/mol. The summed E-state index contributed by atoms with van der Waals surface area (Å²) in [5.41, 5.74) is -0.0281. The molecule has 3 rings (SSSR count). The lowest BCUT2D eigenvalue weighted by atomic mass is 10.1. The lowest BCUT2D eigenvalue weighted by Gasteiger charge is -2.09. The summed E-state index contributed by atoms with van der Waals surface area (Å²) in [6, 6.07) is 6.73. The Kier molecular flexibility index (Phi) is 4.62. The first-order valence-corrected chi connectivity index (χ1v) is 7.44. The standard InChI is InChI=1S/C16H10F6N4O/c1-8-6-11(15(17,18)19)24-12(23-8)7-9-2-4-10(5-3-9)13-25-14(27-26-13)16(20,21)22/h2-6H,7H2,1H3. The van der Waals surface area contributed by atoms with Crippen LogP contribution in [0.3, 0.4) is 0 Å². The van der Waals surface area contributed by atoms with Gasteiger partial charge in [0.2, 0.25) is 5.82 Å². The number of alkyl halides is 6. The topological polar surface area (TPSA) is 64.7 Å².